The molecule has 1 aromatic heterocycles. The minimum absolute atomic E-state index is 0.0300. The van der Waals surface area contributed by atoms with Crippen LogP contribution in [0.2, 0.25) is 5.02 Å². The summed E-state index contributed by atoms with van der Waals surface area (Å²) in [7, 11) is 0. The fourth-order valence-electron chi connectivity index (χ4n) is 2.52. The van der Waals surface area contributed by atoms with Gasteiger partial charge in [-0.15, -0.1) is 0 Å². The van der Waals surface area contributed by atoms with Gasteiger partial charge in [0, 0.05) is 6.07 Å². The number of rotatable bonds is 5. The number of carbonyl (C=O) groups is 1. The molecule has 0 fully saturated rings. The van der Waals surface area contributed by atoms with Gasteiger partial charge in [-0.05, 0) is 23.8 Å². The van der Waals surface area contributed by atoms with Gasteiger partial charge in [-0.25, -0.2) is 9.97 Å². The van der Waals surface area contributed by atoms with E-state index in [9.17, 15) is 18.0 Å². The monoisotopic (exact) mass is 453 g/mol. The molecule has 0 saturated heterocycles. The van der Waals surface area contributed by atoms with Crippen LogP contribution in [0.3, 0.4) is 0 Å². The normalized spacial score (nSPS) is 12.4. The third-order valence-corrected chi connectivity index (χ3v) is 5.31. The molecule has 0 saturated carbocycles. The van der Waals surface area contributed by atoms with E-state index in [1.807, 2.05) is 0 Å². The van der Waals surface area contributed by atoms with Crippen molar-refractivity contribution < 1.29 is 18.0 Å². The van der Waals surface area contributed by atoms with Gasteiger partial charge in [0.2, 0.25) is 5.91 Å². The molecule has 2 aromatic carbocycles. The number of hydrogen-bond donors (Lipinski definition) is 3. The standard InChI is InChI=1S/C19H15ClF3N5OS/c20-12-7-6-11(19(21,22)23)8-13(12)26-17(29)16(10-4-2-1-3-5-10)30-18-27-14(24)9-15(25)28-18/h1-9,16H,(H,26,29)(H4,24,25,27,28). The van der Waals surface area contributed by atoms with E-state index in [0.717, 1.165) is 30.0 Å². The lowest BCUT2D eigenvalue weighted by Crippen LogP contribution is -2.20. The van der Waals surface area contributed by atoms with Gasteiger partial charge in [-0.2, -0.15) is 13.2 Å². The SMILES string of the molecule is Nc1cc(N)nc(SC(C(=O)Nc2cc(C(F)(F)F)ccc2Cl)c2ccccc2)n1. The summed E-state index contributed by atoms with van der Waals surface area (Å²) >= 11 is 6.95. The Kier molecular flexibility index (Phi) is 6.37. The summed E-state index contributed by atoms with van der Waals surface area (Å²) in [6, 6.07) is 12.7. The minimum Gasteiger partial charge on any atom is -0.383 e. The van der Waals surface area contributed by atoms with Crippen molar-refractivity contribution in [3.05, 3.63) is 70.7 Å². The molecule has 6 nitrogen and oxygen atoms in total. The van der Waals surface area contributed by atoms with Crippen LogP contribution in [0.4, 0.5) is 30.5 Å². The Morgan fingerprint density at radius 3 is 2.27 bits per heavy atom. The van der Waals surface area contributed by atoms with E-state index in [-0.39, 0.29) is 27.5 Å². The van der Waals surface area contributed by atoms with Crippen LogP contribution in [0.1, 0.15) is 16.4 Å². The van der Waals surface area contributed by atoms with Crippen LogP contribution in [-0.2, 0) is 11.0 Å². The fourth-order valence-corrected chi connectivity index (χ4v) is 3.67. The highest BCUT2D eigenvalue weighted by atomic mass is 35.5. The van der Waals surface area contributed by atoms with E-state index in [0.29, 0.717) is 5.56 Å². The van der Waals surface area contributed by atoms with Gasteiger partial charge in [0.15, 0.2) is 5.16 Å². The number of aromatic nitrogens is 2. The predicted octanol–water partition coefficient (Wildman–Crippen LogP) is 4.79. The molecule has 0 spiro atoms. The maximum absolute atomic E-state index is 13.0. The van der Waals surface area contributed by atoms with E-state index in [4.69, 9.17) is 23.1 Å². The first-order valence-electron chi connectivity index (χ1n) is 8.43. The van der Waals surface area contributed by atoms with Gasteiger partial charge < -0.3 is 16.8 Å². The summed E-state index contributed by atoms with van der Waals surface area (Å²) in [6.45, 7) is 0. The van der Waals surface area contributed by atoms with Crippen LogP contribution >= 0.6 is 23.4 Å². The van der Waals surface area contributed by atoms with E-state index < -0.39 is 22.9 Å². The molecular weight excluding hydrogens is 439 g/mol. The van der Waals surface area contributed by atoms with Gasteiger partial charge in [-0.1, -0.05) is 53.7 Å². The molecule has 1 heterocycles. The summed E-state index contributed by atoms with van der Waals surface area (Å²) in [5, 5.41) is 1.67. The van der Waals surface area contributed by atoms with Crippen molar-refractivity contribution in [2.24, 2.45) is 0 Å². The molecule has 0 bridgehead atoms. The third-order valence-electron chi connectivity index (χ3n) is 3.86. The lowest BCUT2D eigenvalue weighted by atomic mass is 10.1. The molecular formula is C19H15ClF3N5OS. The highest BCUT2D eigenvalue weighted by molar-refractivity contribution is 8.00. The Hall–Kier alpha value is -2.98. The Morgan fingerprint density at radius 2 is 1.67 bits per heavy atom. The Bertz CT molecular complexity index is 1050. The van der Waals surface area contributed by atoms with Crippen molar-refractivity contribution >= 4 is 46.6 Å². The number of halogens is 4. The lowest BCUT2D eigenvalue weighted by molar-refractivity contribution is -0.137. The summed E-state index contributed by atoms with van der Waals surface area (Å²) in [5.41, 5.74) is 10.8. The van der Waals surface area contributed by atoms with Crippen molar-refractivity contribution in [3.8, 4) is 0 Å². The zero-order valence-corrected chi connectivity index (χ0v) is 16.7. The van der Waals surface area contributed by atoms with Crippen molar-refractivity contribution in [1.29, 1.82) is 0 Å². The molecule has 1 atom stereocenters. The van der Waals surface area contributed by atoms with Crippen molar-refractivity contribution in [2.45, 2.75) is 16.6 Å². The largest absolute Gasteiger partial charge is 0.416 e. The highest BCUT2D eigenvalue weighted by Gasteiger charge is 2.32. The first-order valence-corrected chi connectivity index (χ1v) is 9.68. The molecule has 5 N–H and O–H groups in total. The number of nitrogens with one attached hydrogen (secondary N) is 1. The second-order valence-electron chi connectivity index (χ2n) is 6.09. The number of nitrogens with two attached hydrogens (primary N) is 2. The average Bonchev–Trinajstić information content (AvgIpc) is 2.67. The molecule has 1 unspecified atom stereocenters. The molecule has 3 aromatic rings. The number of anilines is 3. The number of carbonyl (C=O) groups excluding carboxylic acids is 1. The smallest absolute Gasteiger partial charge is 0.383 e. The number of benzene rings is 2. The van der Waals surface area contributed by atoms with Crippen LogP contribution < -0.4 is 16.8 Å². The number of alkyl halides is 3. The van der Waals surface area contributed by atoms with E-state index in [1.165, 1.54) is 6.07 Å². The van der Waals surface area contributed by atoms with Crippen LogP contribution in [0.5, 0.6) is 0 Å². The first kappa shape index (κ1) is 21.7. The zero-order chi connectivity index (χ0) is 21.9. The molecule has 30 heavy (non-hydrogen) atoms. The van der Waals surface area contributed by atoms with Gasteiger partial charge in [0.25, 0.3) is 0 Å². The maximum Gasteiger partial charge on any atom is 0.416 e. The number of amides is 1. The molecule has 11 heteroatoms. The number of nitrogen functional groups attached to an aromatic ring is 2. The summed E-state index contributed by atoms with van der Waals surface area (Å²) in [4.78, 5) is 21.1. The quantitative estimate of drug-likeness (QED) is 0.379. The molecule has 0 aliphatic rings. The molecule has 156 valence electrons. The maximum atomic E-state index is 13.0. The second kappa shape index (κ2) is 8.80. The molecule has 3 rings (SSSR count). The van der Waals surface area contributed by atoms with Crippen molar-refractivity contribution in [3.63, 3.8) is 0 Å². The van der Waals surface area contributed by atoms with Crippen LogP contribution in [0.15, 0.2) is 59.8 Å². The minimum atomic E-state index is -4.58. The number of thioether (sulfide) groups is 1. The average molecular weight is 454 g/mol. The molecule has 0 radical (unpaired) electrons. The van der Waals surface area contributed by atoms with Crippen LogP contribution in [-0.4, -0.2) is 15.9 Å². The zero-order valence-electron chi connectivity index (χ0n) is 15.2. The first-order chi connectivity index (χ1) is 14.1. The van der Waals surface area contributed by atoms with Gasteiger partial charge in [-0.3, -0.25) is 4.79 Å². The van der Waals surface area contributed by atoms with Gasteiger partial charge in [0.1, 0.15) is 16.9 Å². The van der Waals surface area contributed by atoms with E-state index in [2.05, 4.69) is 15.3 Å². The van der Waals surface area contributed by atoms with Crippen molar-refractivity contribution in [1.82, 2.24) is 9.97 Å². The fraction of sp³-hybridized carbons (Fsp3) is 0.105. The summed E-state index contributed by atoms with van der Waals surface area (Å²) in [5.74, 6) is -0.367. The Labute approximate surface area is 178 Å². The molecule has 0 aliphatic heterocycles. The third kappa shape index (κ3) is 5.33. The predicted molar refractivity (Wildman–Crippen MR) is 111 cm³/mol. The Morgan fingerprint density at radius 1 is 1.03 bits per heavy atom. The van der Waals surface area contributed by atoms with Crippen LogP contribution in [0, 0.1) is 0 Å². The van der Waals surface area contributed by atoms with E-state index in [1.54, 1.807) is 30.3 Å². The lowest BCUT2D eigenvalue weighted by Gasteiger charge is -2.18. The summed E-state index contributed by atoms with van der Waals surface area (Å²) in [6.07, 6.45) is -4.58. The van der Waals surface area contributed by atoms with E-state index >= 15 is 0 Å². The van der Waals surface area contributed by atoms with Crippen LogP contribution in [0.25, 0.3) is 0 Å². The van der Waals surface area contributed by atoms with Gasteiger partial charge in [0.05, 0.1) is 16.3 Å². The van der Waals surface area contributed by atoms with Crippen molar-refractivity contribution in [2.75, 3.05) is 16.8 Å². The Balaban J connectivity index is 1.93. The molecule has 1 amide bonds. The molecule has 0 aliphatic carbocycles. The number of hydrogen-bond acceptors (Lipinski definition) is 6. The summed E-state index contributed by atoms with van der Waals surface area (Å²) < 4.78 is 39.1. The highest BCUT2D eigenvalue weighted by Crippen LogP contribution is 2.37. The van der Waals surface area contributed by atoms with Gasteiger partial charge >= 0.3 is 6.18 Å². The number of nitrogens with zero attached hydrogens (tertiary/aromatic N) is 2. The topological polar surface area (TPSA) is 107 Å². The second-order valence-corrected chi connectivity index (χ2v) is 7.57.